The first-order valence-corrected chi connectivity index (χ1v) is 8.74. The summed E-state index contributed by atoms with van der Waals surface area (Å²) in [7, 11) is 1.84. The number of nitrogens with one attached hydrogen (secondary N) is 2. The first-order chi connectivity index (χ1) is 11.6. The summed E-state index contributed by atoms with van der Waals surface area (Å²) < 4.78 is 1.69. The Morgan fingerprint density at radius 3 is 2.71 bits per heavy atom. The molecule has 1 aliphatic rings. The molecule has 0 spiro atoms. The van der Waals surface area contributed by atoms with Gasteiger partial charge in [-0.2, -0.15) is 5.10 Å². The van der Waals surface area contributed by atoms with E-state index >= 15 is 0 Å². The zero-order chi connectivity index (χ0) is 17.1. The van der Waals surface area contributed by atoms with Crippen LogP contribution in [0.25, 0.3) is 11.0 Å². The zero-order valence-corrected chi connectivity index (χ0v) is 14.7. The van der Waals surface area contributed by atoms with Gasteiger partial charge in [0.25, 0.3) is 5.91 Å². The third-order valence-corrected chi connectivity index (χ3v) is 4.65. The molecule has 1 amide bonds. The SMILES string of the molecule is CCN(CC)c1ccc2c(C(=O)NC3CCNCC3)nn(C)c2n1. The van der Waals surface area contributed by atoms with E-state index < -0.39 is 0 Å². The minimum atomic E-state index is -0.107. The molecule has 0 bridgehead atoms. The minimum absolute atomic E-state index is 0.107. The molecule has 0 atom stereocenters. The van der Waals surface area contributed by atoms with E-state index in [1.165, 1.54) is 0 Å². The number of aromatic nitrogens is 3. The van der Waals surface area contributed by atoms with E-state index in [0.29, 0.717) is 5.69 Å². The number of piperidine rings is 1. The van der Waals surface area contributed by atoms with Gasteiger partial charge in [0.15, 0.2) is 11.3 Å². The summed E-state index contributed by atoms with van der Waals surface area (Å²) in [5.41, 5.74) is 1.21. The van der Waals surface area contributed by atoms with E-state index in [0.717, 1.165) is 55.9 Å². The van der Waals surface area contributed by atoms with Crippen molar-refractivity contribution in [3.63, 3.8) is 0 Å². The average molecular weight is 330 g/mol. The van der Waals surface area contributed by atoms with Crippen molar-refractivity contribution < 1.29 is 4.79 Å². The predicted molar refractivity (Wildman–Crippen MR) is 95.4 cm³/mol. The molecule has 0 aromatic carbocycles. The van der Waals surface area contributed by atoms with Crippen LogP contribution in [0, 0.1) is 0 Å². The third kappa shape index (κ3) is 3.21. The maximum Gasteiger partial charge on any atom is 0.272 e. The van der Waals surface area contributed by atoms with Crippen LogP contribution in [0.2, 0.25) is 0 Å². The molecular weight excluding hydrogens is 304 g/mol. The number of hydrogen-bond donors (Lipinski definition) is 2. The average Bonchev–Trinajstić information content (AvgIpc) is 2.94. The van der Waals surface area contributed by atoms with Gasteiger partial charge >= 0.3 is 0 Å². The number of nitrogens with zero attached hydrogens (tertiary/aromatic N) is 4. The number of carbonyl (C=O) groups excluding carboxylic acids is 1. The van der Waals surface area contributed by atoms with Crippen LogP contribution in [-0.2, 0) is 7.05 Å². The number of aryl methyl sites for hydroxylation is 1. The van der Waals surface area contributed by atoms with E-state index in [4.69, 9.17) is 4.98 Å². The zero-order valence-electron chi connectivity index (χ0n) is 14.7. The van der Waals surface area contributed by atoms with Crippen LogP contribution in [0.3, 0.4) is 0 Å². The molecule has 2 aromatic rings. The second-order valence-corrected chi connectivity index (χ2v) is 6.18. The standard InChI is InChI=1S/C17H26N6O/c1-4-23(5-2)14-7-6-13-15(21-22(3)16(13)20-14)17(24)19-12-8-10-18-11-9-12/h6-7,12,18H,4-5,8-11H2,1-3H3,(H,19,24). The van der Waals surface area contributed by atoms with Gasteiger partial charge in [0.1, 0.15) is 5.82 Å². The molecule has 1 saturated heterocycles. The van der Waals surface area contributed by atoms with Gasteiger partial charge in [-0.1, -0.05) is 0 Å². The Kier molecular flexibility index (Phi) is 4.99. The molecule has 0 aliphatic carbocycles. The number of pyridine rings is 1. The monoisotopic (exact) mass is 330 g/mol. The van der Waals surface area contributed by atoms with Gasteiger partial charge in [0.2, 0.25) is 0 Å². The molecular formula is C17H26N6O. The van der Waals surface area contributed by atoms with Crippen molar-refractivity contribution >= 4 is 22.8 Å². The Balaban J connectivity index is 1.87. The van der Waals surface area contributed by atoms with Crippen LogP contribution in [-0.4, -0.2) is 52.9 Å². The Morgan fingerprint density at radius 1 is 1.33 bits per heavy atom. The number of hydrogen-bond acceptors (Lipinski definition) is 5. The lowest BCUT2D eigenvalue weighted by Gasteiger charge is -2.23. The lowest BCUT2D eigenvalue weighted by Crippen LogP contribution is -2.42. The first kappa shape index (κ1) is 16.7. The summed E-state index contributed by atoms with van der Waals surface area (Å²) in [5.74, 6) is 0.811. The molecule has 2 N–H and O–H groups in total. The predicted octanol–water partition coefficient (Wildman–Crippen LogP) is 1.30. The number of amides is 1. The van der Waals surface area contributed by atoms with Gasteiger partial charge in [0.05, 0.1) is 5.39 Å². The summed E-state index contributed by atoms with van der Waals surface area (Å²) >= 11 is 0. The lowest BCUT2D eigenvalue weighted by atomic mass is 10.1. The number of rotatable bonds is 5. The Morgan fingerprint density at radius 2 is 2.04 bits per heavy atom. The highest BCUT2D eigenvalue weighted by atomic mass is 16.2. The number of carbonyl (C=O) groups is 1. The molecule has 0 saturated carbocycles. The second-order valence-electron chi connectivity index (χ2n) is 6.18. The highest BCUT2D eigenvalue weighted by molar-refractivity contribution is 6.04. The van der Waals surface area contributed by atoms with Crippen molar-refractivity contribution in [1.82, 2.24) is 25.4 Å². The van der Waals surface area contributed by atoms with Crippen molar-refractivity contribution in [1.29, 1.82) is 0 Å². The quantitative estimate of drug-likeness (QED) is 0.864. The molecule has 0 radical (unpaired) electrons. The molecule has 7 nitrogen and oxygen atoms in total. The Bertz CT molecular complexity index is 715. The first-order valence-electron chi connectivity index (χ1n) is 8.74. The normalized spacial score (nSPS) is 15.6. The third-order valence-electron chi connectivity index (χ3n) is 4.65. The molecule has 24 heavy (non-hydrogen) atoms. The fraction of sp³-hybridized carbons (Fsp3) is 0.588. The minimum Gasteiger partial charge on any atom is -0.357 e. The molecule has 3 heterocycles. The van der Waals surface area contributed by atoms with Crippen LogP contribution in [0.15, 0.2) is 12.1 Å². The summed E-state index contributed by atoms with van der Waals surface area (Å²) in [5, 5.41) is 11.6. The van der Waals surface area contributed by atoms with Crippen LogP contribution in [0.4, 0.5) is 5.82 Å². The van der Waals surface area contributed by atoms with E-state index in [1.54, 1.807) is 4.68 Å². The van der Waals surface area contributed by atoms with E-state index in [1.807, 2.05) is 19.2 Å². The smallest absolute Gasteiger partial charge is 0.272 e. The molecule has 3 rings (SSSR count). The van der Waals surface area contributed by atoms with Crippen molar-refractivity contribution in [2.45, 2.75) is 32.7 Å². The van der Waals surface area contributed by atoms with Crippen LogP contribution in [0.1, 0.15) is 37.2 Å². The molecule has 130 valence electrons. The van der Waals surface area contributed by atoms with Crippen LogP contribution in [0.5, 0.6) is 0 Å². The van der Waals surface area contributed by atoms with Crippen LogP contribution >= 0.6 is 0 Å². The van der Waals surface area contributed by atoms with Crippen molar-refractivity contribution in [3.05, 3.63) is 17.8 Å². The van der Waals surface area contributed by atoms with Crippen molar-refractivity contribution in [2.75, 3.05) is 31.1 Å². The van der Waals surface area contributed by atoms with E-state index in [9.17, 15) is 4.79 Å². The highest BCUT2D eigenvalue weighted by Gasteiger charge is 2.21. The largest absolute Gasteiger partial charge is 0.357 e. The Hall–Kier alpha value is -2.15. The van der Waals surface area contributed by atoms with Gasteiger partial charge in [-0.25, -0.2) is 9.67 Å². The Labute approximate surface area is 142 Å². The molecule has 1 fully saturated rings. The summed E-state index contributed by atoms with van der Waals surface area (Å²) in [6.07, 6.45) is 1.92. The molecule has 0 unspecified atom stereocenters. The summed E-state index contributed by atoms with van der Waals surface area (Å²) in [4.78, 5) is 19.5. The fourth-order valence-electron chi connectivity index (χ4n) is 3.23. The van der Waals surface area contributed by atoms with Crippen molar-refractivity contribution in [3.8, 4) is 0 Å². The second kappa shape index (κ2) is 7.17. The van der Waals surface area contributed by atoms with Gasteiger partial charge in [-0.3, -0.25) is 4.79 Å². The van der Waals surface area contributed by atoms with Gasteiger partial charge < -0.3 is 15.5 Å². The van der Waals surface area contributed by atoms with Gasteiger partial charge in [-0.15, -0.1) is 0 Å². The molecule has 2 aromatic heterocycles. The molecule has 1 aliphatic heterocycles. The molecule has 7 heteroatoms. The van der Waals surface area contributed by atoms with Crippen molar-refractivity contribution in [2.24, 2.45) is 7.05 Å². The topological polar surface area (TPSA) is 75.1 Å². The lowest BCUT2D eigenvalue weighted by molar-refractivity contribution is 0.0925. The fourth-order valence-corrected chi connectivity index (χ4v) is 3.23. The summed E-state index contributed by atoms with van der Waals surface area (Å²) in [6.45, 7) is 7.91. The number of fused-ring (bicyclic) bond motifs is 1. The number of anilines is 1. The van der Waals surface area contributed by atoms with E-state index in [2.05, 4.69) is 34.5 Å². The maximum absolute atomic E-state index is 12.6. The highest BCUT2D eigenvalue weighted by Crippen LogP contribution is 2.21. The summed E-state index contributed by atoms with van der Waals surface area (Å²) in [6, 6.07) is 4.15. The maximum atomic E-state index is 12.6. The van der Waals surface area contributed by atoms with Gasteiger partial charge in [-0.05, 0) is 51.9 Å². The van der Waals surface area contributed by atoms with E-state index in [-0.39, 0.29) is 11.9 Å². The van der Waals surface area contributed by atoms with Gasteiger partial charge in [0, 0.05) is 26.2 Å². The van der Waals surface area contributed by atoms with Crippen LogP contribution < -0.4 is 15.5 Å².